The van der Waals surface area contributed by atoms with E-state index in [1.807, 2.05) is 53.9 Å². The number of fused-ring (bicyclic) bond motifs is 3. The second kappa shape index (κ2) is 15.2. The van der Waals surface area contributed by atoms with Gasteiger partial charge in [0.05, 0.1) is 51.1 Å². The predicted molar refractivity (Wildman–Crippen MR) is 203 cm³/mol. The van der Waals surface area contributed by atoms with Gasteiger partial charge in [-0.05, 0) is 81.0 Å². The van der Waals surface area contributed by atoms with Gasteiger partial charge in [-0.2, -0.15) is 10.2 Å². The number of carbonyl (C=O) groups excluding carboxylic acids is 4. The summed E-state index contributed by atoms with van der Waals surface area (Å²) in [6, 6.07) is 11.8. The summed E-state index contributed by atoms with van der Waals surface area (Å²) in [5.41, 5.74) is 0.604. The van der Waals surface area contributed by atoms with E-state index in [9.17, 15) is 27.6 Å². The number of benzene rings is 1. The number of hydrogen-bond donors (Lipinski definition) is 3. The molecule has 16 heteroatoms. The largest absolute Gasteiger partial charge is 0.473 e. The number of hydrogen-bond acceptors (Lipinski definition) is 12. The third-order valence-corrected chi connectivity index (χ3v) is 13.7. The maximum absolute atomic E-state index is 14.7. The van der Waals surface area contributed by atoms with Gasteiger partial charge in [0, 0.05) is 11.8 Å². The summed E-state index contributed by atoms with van der Waals surface area (Å²) in [5.74, 6) is -4.15. The van der Waals surface area contributed by atoms with Crippen LogP contribution in [0, 0.1) is 17.8 Å². The van der Waals surface area contributed by atoms with Gasteiger partial charge >= 0.3 is 0 Å². The van der Waals surface area contributed by atoms with Crippen molar-refractivity contribution in [1.29, 1.82) is 0 Å². The van der Waals surface area contributed by atoms with Crippen molar-refractivity contribution in [3.8, 4) is 16.5 Å². The molecule has 4 aromatic rings. The van der Waals surface area contributed by atoms with E-state index < -0.39 is 68.4 Å². The van der Waals surface area contributed by atoms with Crippen molar-refractivity contribution < 1.29 is 32.3 Å². The average Bonchev–Trinajstić information content (AvgIpc) is 4.05. The van der Waals surface area contributed by atoms with Crippen LogP contribution < -0.4 is 20.1 Å². The Bertz CT molecular complexity index is 2250. The second-order valence-electron chi connectivity index (χ2n) is 14.8. The predicted octanol–water partition coefficient (Wildman–Crippen LogP) is 4.29. The van der Waals surface area contributed by atoms with Gasteiger partial charge in [0.2, 0.25) is 21.8 Å². The highest BCUT2D eigenvalue weighted by atomic mass is 32.2. The molecule has 286 valence electrons. The van der Waals surface area contributed by atoms with E-state index in [0.29, 0.717) is 48.8 Å². The van der Waals surface area contributed by atoms with Crippen LogP contribution in [0.3, 0.4) is 0 Å². The summed E-state index contributed by atoms with van der Waals surface area (Å²) in [5, 5.41) is 14.7. The van der Waals surface area contributed by atoms with E-state index >= 15 is 0 Å². The fourth-order valence-corrected chi connectivity index (χ4v) is 9.79. The van der Waals surface area contributed by atoms with E-state index in [1.165, 1.54) is 29.8 Å². The molecule has 0 radical (unpaired) electrons. The maximum Gasteiger partial charge on any atom is 0.259 e. The van der Waals surface area contributed by atoms with Crippen molar-refractivity contribution in [2.75, 3.05) is 0 Å². The number of carbonyl (C=O) groups is 4. The number of ketones is 1. The molecule has 3 saturated carbocycles. The van der Waals surface area contributed by atoms with Gasteiger partial charge in [-0.15, -0.1) is 11.3 Å². The Labute approximate surface area is 322 Å². The number of para-hydroxylation sites is 2. The van der Waals surface area contributed by atoms with Gasteiger partial charge in [0.15, 0.2) is 5.78 Å². The van der Waals surface area contributed by atoms with E-state index in [4.69, 9.17) is 14.7 Å². The van der Waals surface area contributed by atoms with Crippen LogP contribution in [-0.2, 0) is 24.4 Å². The number of rotatable bonds is 8. The molecule has 0 spiro atoms. The Morgan fingerprint density at radius 2 is 1.73 bits per heavy atom. The average molecular weight is 784 g/mol. The Hall–Kier alpha value is -5.09. The Morgan fingerprint density at radius 1 is 0.927 bits per heavy atom. The molecule has 4 heterocycles. The SMILES string of the molecule is O=C(N[C@@H]1CCCCC/C=C\C2C[C@@]2(C(=O)NS(=O)(=O)C2CC2)NC(=O)[C@@H]2C[C@@H](Oc3nc4ccccc4nc3-c3cccs3)CC2C1=O)c1ccnnc1. The minimum Gasteiger partial charge on any atom is -0.473 e. The van der Waals surface area contributed by atoms with Crippen LogP contribution in [0.5, 0.6) is 5.88 Å². The molecule has 3 fully saturated rings. The molecular formula is C39H41N7O7S2. The molecule has 14 nitrogen and oxygen atoms in total. The molecule has 55 heavy (non-hydrogen) atoms. The van der Waals surface area contributed by atoms with Crippen molar-refractivity contribution in [3.05, 3.63) is 78.0 Å². The van der Waals surface area contributed by atoms with Gasteiger partial charge in [-0.1, -0.05) is 43.2 Å². The van der Waals surface area contributed by atoms with Crippen molar-refractivity contribution in [3.63, 3.8) is 0 Å². The third kappa shape index (κ3) is 7.87. The van der Waals surface area contributed by atoms with Crippen LogP contribution >= 0.6 is 11.3 Å². The first-order chi connectivity index (χ1) is 26.6. The lowest BCUT2D eigenvalue weighted by Crippen LogP contribution is -2.54. The Kier molecular flexibility index (Phi) is 10.2. The molecule has 8 rings (SSSR count). The number of allylic oxidation sites excluding steroid dienone is 1. The van der Waals surface area contributed by atoms with Crippen LogP contribution in [0.1, 0.15) is 74.6 Å². The van der Waals surface area contributed by atoms with Gasteiger partial charge in [0.1, 0.15) is 17.3 Å². The first kappa shape index (κ1) is 36.9. The number of aromatic nitrogens is 4. The van der Waals surface area contributed by atoms with Gasteiger partial charge in [-0.25, -0.2) is 18.4 Å². The lowest BCUT2D eigenvalue weighted by atomic mass is 9.85. The lowest BCUT2D eigenvalue weighted by molar-refractivity contribution is -0.136. The smallest absolute Gasteiger partial charge is 0.259 e. The highest BCUT2D eigenvalue weighted by Crippen LogP contribution is 2.47. The number of nitrogens with zero attached hydrogens (tertiary/aromatic N) is 4. The summed E-state index contributed by atoms with van der Waals surface area (Å²) in [7, 11) is -3.89. The van der Waals surface area contributed by atoms with Gasteiger partial charge in [-0.3, -0.25) is 23.9 Å². The van der Waals surface area contributed by atoms with E-state index in [1.54, 1.807) is 0 Å². The van der Waals surface area contributed by atoms with Crippen LogP contribution in [-0.4, -0.2) is 75.0 Å². The molecule has 2 unspecified atom stereocenters. The summed E-state index contributed by atoms with van der Waals surface area (Å²) in [6.45, 7) is 0. The molecule has 3 aromatic heterocycles. The number of Topliss-reactive ketones (excluding diaryl/α,β-unsaturated/α-hetero) is 1. The number of nitrogens with one attached hydrogen (secondary N) is 3. The molecule has 0 saturated heterocycles. The number of amides is 3. The number of ether oxygens (including phenoxy) is 1. The third-order valence-electron chi connectivity index (χ3n) is 11.0. The van der Waals surface area contributed by atoms with Crippen LogP contribution in [0.2, 0.25) is 0 Å². The van der Waals surface area contributed by atoms with Crippen molar-refractivity contribution in [2.45, 2.75) is 87.1 Å². The minimum atomic E-state index is -3.89. The first-order valence-electron chi connectivity index (χ1n) is 18.7. The molecule has 4 aliphatic rings. The Morgan fingerprint density at radius 3 is 2.47 bits per heavy atom. The monoisotopic (exact) mass is 783 g/mol. The maximum atomic E-state index is 14.7. The number of thiophene rings is 1. The highest BCUT2D eigenvalue weighted by Gasteiger charge is 2.62. The van der Waals surface area contributed by atoms with Gasteiger partial charge < -0.3 is 15.4 Å². The summed E-state index contributed by atoms with van der Waals surface area (Å²) < 4.78 is 34.6. The van der Waals surface area contributed by atoms with E-state index in [2.05, 4.69) is 25.6 Å². The van der Waals surface area contributed by atoms with Crippen molar-refractivity contribution >= 4 is 55.9 Å². The topological polar surface area (TPSA) is 199 Å². The molecule has 0 bridgehead atoms. The molecule has 3 N–H and O–H groups in total. The van der Waals surface area contributed by atoms with Crippen molar-refractivity contribution in [1.82, 2.24) is 35.5 Å². The minimum absolute atomic E-state index is 0.105. The molecule has 1 aromatic carbocycles. The molecule has 1 aliphatic heterocycles. The normalized spacial score (nSPS) is 27.7. The zero-order valence-electron chi connectivity index (χ0n) is 29.9. The fourth-order valence-electron chi connectivity index (χ4n) is 7.72. The summed E-state index contributed by atoms with van der Waals surface area (Å²) >= 11 is 1.48. The first-order valence-corrected chi connectivity index (χ1v) is 21.2. The second-order valence-corrected chi connectivity index (χ2v) is 17.7. The van der Waals surface area contributed by atoms with E-state index in [0.717, 1.165) is 17.7 Å². The molecular weight excluding hydrogens is 743 g/mol. The summed E-state index contributed by atoms with van der Waals surface area (Å²) in [6.07, 6.45) is 10.6. The van der Waals surface area contributed by atoms with Crippen LogP contribution in [0.4, 0.5) is 0 Å². The van der Waals surface area contributed by atoms with Gasteiger partial charge in [0.25, 0.3) is 11.8 Å². The quantitative estimate of drug-likeness (QED) is 0.216. The number of sulfonamides is 1. The van der Waals surface area contributed by atoms with Crippen LogP contribution in [0.25, 0.3) is 21.6 Å². The highest BCUT2D eigenvalue weighted by molar-refractivity contribution is 7.91. The standard InChI is InChI=1S/C39H41N7O7S2/c47-34-27-19-25(53-37-33(32-13-8-18-54-32)42-29-10-6-7-11-30(29)44-37)20-28(27)36(49)45-39(38(50)46-55(51,52)26-14-15-26)21-24(39)9-4-2-1-3-5-12-31(34)43-35(48)23-16-17-40-41-22-23/h4,6-11,13,16-18,22,24-28,31H,1-3,5,12,14-15,19-21H2,(H,43,48)(H,45,49)(H,46,50)/b9-4-/t24?,25-,27?,28+,31+,39+/m0/s1. The zero-order chi connectivity index (χ0) is 38.2. The summed E-state index contributed by atoms with van der Waals surface area (Å²) in [4.78, 5) is 66.9. The lowest BCUT2D eigenvalue weighted by Gasteiger charge is -2.26. The Balaban J connectivity index is 1.12. The fraction of sp³-hybridized carbons (Fsp3) is 0.436. The van der Waals surface area contributed by atoms with Crippen molar-refractivity contribution in [2.24, 2.45) is 17.8 Å². The zero-order valence-corrected chi connectivity index (χ0v) is 31.6. The van der Waals surface area contributed by atoms with E-state index in [-0.39, 0.29) is 36.5 Å². The van der Waals surface area contributed by atoms with Crippen LogP contribution in [0.15, 0.2) is 72.4 Å². The molecule has 3 aliphatic carbocycles. The molecule has 3 amide bonds. The molecule has 6 atom stereocenters.